The van der Waals surface area contributed by atoms with Gasteiger partial charge in [-0.25, -0.2) is 0 Å². The number of rotatable bonds is 14. The van der Waals surface area contributed by atoms with Gasteiger partial charge in [-0.3, -0.25) is 9.97 Å². The minimum Gasteiger partial charge on any atom is -0.497 e. The van der Waals surface area contributed by atoms with Crippen LogP contribution in [0.25, 0.3) is 50.8 Å². The molecule has 10 rings (SSSR count). The predicted octanol–water partition coefficient (Wildman–Crippen LogP) is 15.4. The van der Waals surface area contributed by atoms with Crippen LogP contribution in [0.4, 0.5) is 17.1 Å². The maximum atomic E-state index is 5.45. The van der Waals surface area contributed by atoms with Crippen LogP contribution in [0.2, 0.25) is 0 Å². The maximum absolute atomic E-state index is 5.45. The van der Waals surface area contributed by atoms with E-state index in [-0.39, 0.29) is 0 Å². The lowest BCUT2D eigenvalue weighted by atomic mass is 9.97. The average molecular weight is 881 g/mol. The van der Waals surface area contributed by atoms with Crippen molar-refractivity contribution < 1.29 is 9.47 Å². The van der Waals surface area contributed by atoms with Gasteiger partial charge in [-0.1, -0.05) is 121 Å². The molecule has 10 aromatic rings. The summed E-state index contributed by atoms with van der Waals surface area (Å²) >= 11 is 0. The molecular weight excluding hydrogens is 833 g/mol. The lowest BCUT2D eigenvalue weighted by molar-refractivity contribution is 0.414. The molecule has 0 atom stereocenters. The average Bonchev–Trinajstić information content (AvgIpc) is 3.74. The van der Waals surface area contributed by atoms with Crippen LogP contribution in [0, 0.1) is 0 Å². The molecule has 3 heterocycles. The standard InChI is InChI=1S/C62H48N4O2/c1-67-55-31-22-47(23-32-55)57(48-24-33-56(68-2)34-25-48)15-8-10-45-18-26-52(27-19-45)65(54-30-35-62-60(44-54)59-14-6-7-17-61(59)66(62)51-12-4-3-5-13-51)53-28-20-46(21-29-53)11-9-16-58(49-36-40-63-41-37-49)50-38-42-64-43-39-50/h3-44H,1-2H3. The van der Waals surface area contributed by atoms with Crippen molar-refractivity contribution >= 4 is 62.2 Å². The minimum atomic E-state index is 0.820. The van der Waals surface area contributed by atoms with E-state index in [1.54, 1.807) is 14.2 Å². The van der Waals surface area contributed by atoms with Gasteiger partial charge in [0.25, 0.3) is 0 Å². The summed E-state index contributed by atoms with van der Waals surface area (Å²) in [6.07, 6.45) is 20.1. The van der Waals surface area contributed by atoms with Crippen LogP contribution in [0.1, 0.15) is 33.4 Å². The fourth-order valence-corrected chi connectivity index (χ4v) is 8.70. The van der Waals surface area contributed by atoms with Crippen LogP contribution in [0.15, 0.2) is 243 Å². The molecule has 0 spiro atoms. The summed E-state index contributed by atoms with van der Waals surface area (Å²) in [5.41, 5.74) is 15.4. The fraction of sp³-hybridized carbons (Fsp3) is 0.0323. The van der Waals surface area contributed by atoms with E-state index < -0.39 is 0 Å². The van der Waals surface area contributed by atoms with Gasteiger partial charge in [0, 0.05) is 58.3 Å². The van der Waals surface area contributed by atoms with Crippen molar-refractivity contribution in [1.29, 1.82) is 0 Å². The zero-order valence-corrected chi connectivity index (χ0v) is 37.9. The molecule has 0 radical (unpaired) electrons. The number of para-hydroxylation sites is 2. The molecule has 6 nitrogen and oxygen atoms in total. The smallest absolute Gasteiger partial charge is 0.118 e. The summed E-state index contributed by atoms with van der Waals surface area (Å²) in [6.45, 7) is 0. The first-order valence-electron chi connectivity index (χ1n) is 22.6. The molecule has 7 aromatic carbocycles. The number of fused-ring (bicyclic) bond motifs is 3. The lowest BCUT2D eigenvalue weighted by Crippen LogP contribution is -2.10. The Kier molecular flexibility index (Phi) is 12.6. The van der Waals surface area contributed by atoms with Gasteiger partial charge >= 0.3 is 0 Å². The van der Waals surface area contributed by atoms with Crippen LogP contribution in [0.5, 0.6) is 11.5 Å². The molecule has 0 aliphatic rings. The van der Waals surface area contributed by atoms with Crippen molar-refractivity contribution in [2.45, 2.75) is 0 Å². The second kappa shape index (κ2) is 20.0. The number of anilines is 3. The van der Waals surface area contributed by atoms with Crippen LogP contribution < -0.4 is 14.4 Å². The summed E-state index contributed by atoms with van der Waals surface area (Å²) in [6, 6.07) is 68.0. The third-order valence-corrected chi connectivity index (χ3v) is 12.1. The Morgan fingerprint density at radius 3 is 1.37 bits per heavy atom. The molecule has 0 aliphatic carbocycles. The summed E-state index contributed by atoms with van der Waals surface area (Å²) in [5, 5.41) is 2.39. The number of hydrogen-bond acceptors (Lipinski definition) is 5. The third kappa shape index (κ3) is 9.25. The first-order valence-corrected chi connectivity index (χ1v) is 22.6. The molecule has 0 fully saturated rings. The van der Waals surface area contributed by atoms with Gasteiger partial charge in [0.1, 0.15) is 11.5 Å². The summed E-state index contributed by atoms with van der Waals surface area (Å²) < 4.78 is 13.3. The summed E-state index contributed by atoms with van der Waals surface area (Å²) in [4.78, 5) is 10.8. The van der Waals surface area contributed by atoms with Crippen LogP contribution in [-0.2, 0) is 0 Å². The van der Waals surface area contributed by atoms with Crippen LogP contribution in [-0.4, -0.2) is 28.8 Å². The molecule has 68 heavy (non-hydrogen) atoms. The normalized spacial score (nSPS) is 11.3. The van der Waals surface area contributed by atoms with Gasteiger partial charge in [0.15, 0.2) is 0 Å². The zero-order valence-electron chi connectivity index (χ0n) is 37.9. The van der Waals surface area contributed by atoms with E-state index in [0.717, 1.165) is 84.3 Å². The molecule has 6 heteroatoms. The van der Waals surface area contributed by atoms with E-state index in [2.05, 4.69) is 201 Å². The van der Waals surface area contributed by atoms with Crippen molar-refractivity contribution in [3.8, 4) is 17.2 Å². The Morgan fingerprint density at radius 1 is 0.426 bits per heavy atom. The Morgan fingerprint density at radius 2 is 0.868 bits per heavy atom. The van der Waals surface area contributed by atoms with Crippen molar-refractivity contribution in [2.75, 3.05) is 19.1 Å². The molecule has 0 unspecified atom stereocenters. The summed E-state index contributed by atoms with van der Waals surface area (Å²) in [7, 11) is 3.37. The van der Waals surface area contributed by atoms with Crippen molar-refractivity contribution in [1.82, 2.24) is 14.5 Å². The second-order valence-corrected chi connectivity index (χ2v) is 16.2. The van der Waals surface area contributed by atoms with E-state index in [0.29, 0.717) is 0 Å². The highest BCUT2D eigenvalue weighted by Crippen LogP contribution is 2.40. The topological polar surface area (TPSA) is 52.4 Å². The van der Waals surface area contributed by atoms with Gasteiger partial charge in [-0.15, -0.1) is 0 Å². The van der Waals surface area contributed by atoms with Gasteiger partial charge in [-0.05, 0) is 154 Å². The molecular formula is C62H48N4O2. The van der Waals surface area contributed by atoms with Gasteiger partial charge in [0.2, 0.25) is 0 Å². The third-order valence-electron chi connectivity index (χ3n) is 12.1. The minimum absolute atomic E-state index is 0.820. The molecule has 0 amide bonds. The largest absolute Gasteiger partial charge is 0.497 e. The van der Waals surface area contributed by atoms with Crippen molar-refractivity contribution in [2.24, 2.45) is 0 Å². The Labute approximate surface area is 397 Å². The molecule has 0 saturated heterocycles. The van der Waals surface area contributed by atoms with E-state index in [1.165, 1.54) is 16.3 Å². The zero-order chi connectivity index (χ0) is 46.1. The van der Waals surface area contributed by atoms with E-state index >= 15 is 0 Å². The highest BCUT2D eigenvalue weighted by Gasteiger charge is 2.17. The Balaban J connectivity index is 1.01. The van der Waals surface area contributed by atoms with Gasteiger partial charge in [0.05, 0.1) is 25.3 Å². The molecule has 0 N–H and O–H groups in total. The number of benzene rings is 7. The molecule has 0 bridgehead atoms. The molecule has 3 aromatic heterocycles. The van der Waals surface area contributed by atoms with Crippen LogP contribution in [0.3, 0.4) is 0 Å². The van der Waals surface area contributed by atoms with Gasteiger partial charge < -0.3 is 18.9 Å². The second-order valence-electron chi connectivity index (χ2n) is 16.2. The number of hydrogen-bond donors (Lipinski definition) is 0. The maximum Gasteiger partial charge on any atom is 0.118 e. The predicted molar refractivity (Wildman–Crippen MR) is 282 cm³/mol. The highest BCUT2D eigenvalue weighted by molar-refractivity contribution is 6.10. The number of allylic oxidation sites excluding steroid dienone is 4. The number of ether oxygens (including phenoxy) is 2. The van der Waals surface area contributed by atoms with Gasteiger partial charge in [-0.2, -0.15) is 0 Å². The Hall–Kier alpha value is -9.00. The Bertz CT molecular complexity index is 3320. The molecule has 328 valence electrons. The summed E-state index contributed by atoms with van der Waals surface area (Å²) in [5.74, 6) is 1.64. The highest BCUT2D eigenvalue weighted by atomic mass is 16.5. The van der Waals surface area contributed by atoms with E-state index in [1.807, 2.05) is 73.3 Å². The SMILES string of the molecule is COc1ccc(C(=CC=Cc2ccc(N(c3ccc(C=CC=C(c4ccncc4)c4ccncc4)cc3)c3ccc4c(c3)c3ccccc3n4-c3ccccc3)cc2)c2ccc(OC)cc2)cc1. The first-order chi connectivity index (χ1) is 33.6. The molecule has 0 saturated carbocycles. The van der Waals surface area contributed by atoms with Crippen LogP contribution >= 0.6 is 0 Å². The first kappa shape index (κ1) is 42.9. The lowest BCUT2D eigenvalue weighted by Gasteiger charge is -2.26. The van der Waals surface area contributed by atoms with Crippen molar-refractivity contribution in [3.05, 3.63) is 277 Å². The van der Waals surface area contributed by atoms with Crippen molar-refractivity contribution in [3.63, 3.8) is 0 Å². The van der Waals surface area contributed by atoms with E-state index in [4.69, 9.17) is 9.47 Å². The van der Waals surface area contributed by atoms with E-state index in [9.17, 15) is 0 Å². The number of nitrogens with zero attached hydrogens (tertiary/aromatic N) is 4. The molecule has 0 aliphatic heterocycles. The number of aromatic nitrogens is 3. The monoisotopic (exact) mass is 880 g/mol. The number of methoxy groups -OCH3 is 2. The quantitative estimate of drug-likeness (QED) is 0.102. The fourth-order valence-electron chi connectivity index (χ4n) is 8.70. The number of pyridine rings is 2.